The molecule has 176 valence electrons. The number of H-pyrrole nitrogens is 1. The lowest BCUT2D eigenvalue weighted by Crippen LogP contribution is -2.46. The van der Waals surface area contributed by atoms with Crippen molar-refractivity contribution < 1.29 is 22.7 Å². The molecule has 1 saturated heterocycles. The Bertz CT molecular complexity index is 1180. The number of rotatable bonds is 6. The summed E-state index contributed by atoms with van der Waals surface area (Å²) in [6, 6.07) is 2.70. The van der Waals surface area contributed by atoms with Crippen LogP contribution in [0.1, 0.15) is 43.6 Å². The van der Waals surface area contributed by atoms with E-state index in [0.717, 1.165) is 6.26 Å². The first-order valence-corrected chi connectivity index (χ1v) is 12.5. The van der Waals surface area contributed by atoms with Gasteiger partial charge in [0.2, 0.25) is 5.78 Å². The van der Waals surface area contributed by atoms with Crippen molar-refractivity contribution in [3.8, 4) is 0 Å². The molecule has 11 heteroatoms. The number of morpholine rings is 1. The first kappa shape index (κ1) is 24.5. The Kier molecular flexibility index (Phi) is 6.90. The number of hydrogen-bond acceptors (Lipinski definition) is 7. The smallest absolute Gasteiger partial charge is 0.277 e. The van der Waals surface area contributed by atoms with Crippen LogP contribution in [0.15, 0.2) is 28.0 Å². The number of carbonyl (C=O) groups excluding carboxylic acids is 1. The molecule has 1 fully saturated rings. The molecule has 1 aromatic heterocycles. The summed E-state index contributed by atoms with van der Waals surface area (Å²) in [4.78, 5) is 27.3. The van der Waals surface area contributed by atoms with Gasteiger partial charge in [0.05, 0.1) is 34.4 Å². The maximum absolute atomic E-state index is 13.1. The molecule has 0 bridgehead atoms. The van der Waals surface area contributed by atoms with E-state index in [9.17, 15) is 18.0 Å². The number of carbonyl (C=O) groups is 1. The molecule has 1 aromatic carbocycles. The first-order valence-electron chi connectivity index (χ1n) is 10.2. The molecule has 1 aliphatic rings. The molecule has 32 heavy (non-hydrogen) atoms. The summed E-state index contributed by atoms with van der Waals surface area (Å²) >= 11 is 6.64. The Balaban J connectivity index is 2.09. The fraction of sp³-hybridized carbons (Fsp3) is 0.524. The third-order valence-corrected chi connectivity index (χ3v) is 6.47. The highest BCUT2D eigenvalue weighted by atomic mass is 35.5. The van der Waals surface area contributed by atoms with Crippen LogP contribution >= 0.6 is 11.6 Å². The standard InChI is InChI=1S/C21H28ClN3O6S/c1-6-25-20(27)14(11-23-25)19(26)13-7-8-15(32(5,28)29)18(17(13)22)24-9-10-30-16(12-24)31-21(2,3)4/h7-8,11,16,23H,6,9-10,12H2,1-5H3. The van der Waals surface area contributed by atoms with Crippen molar-refractivity contribution in [2.45, 2.75) is 51.0 Å². The van der Waals surface area contributed by atoms with Gasteiger partial charge in [-0.1, -0.05) is 11.6 Å². The zero-order chi connectivity index (χ0) is 23.8. The zero-order valence-corrected chi connectivity index (χ0v) is 20.3. The second kappa shape index (κ2) is 9.01. The fourth-order valence-corrected chi connectivity index (χ4v) is 4.88. The van der Waals surface area contributed by atoms with Crippen LogP contribution in [-0.2, 0) is 25.9 Å². The summed E-state index contributed by atoms with van der Waals surface area (Å²) in [6.07, 6.45) is 1.81. The quantitative estimate of drug-likeness (QED) is 0.625. The van der Waals surface area contributed by atoms with E-state index in [2.05, 4.69) is 5.10 Å². The molecule has 0 spiro atoms. The molecule has 2 aromatic rings. The molecular formula is C21H28ClN3O6S. The van der Waals surface area contributed by atoms with Gasteiger partial charge in [0.1, 0.15) is 5.56 Å². The van der Waals surface area contributed by atoms with E-state index in [1.807, 2.05) is 20.8 Å². The van der Waals surface area contributed by atoms with Gasteiger partial charge in [-0.2, -0.15) is 0 Å². The number of nitrogens with one attached hydrogen (secondary N) is 1. The molecule has 0 radical (unpaired) electrons. The molecule has 1 N–H and O–H groups in total. The first-order chi connectivity index (χ1) is 14.8. The molecule has 1 atom stereocenters. The van der Waals surface area contributed by atoms with E-state index in [1.165, 1.54) is 23.0 Å². The maximum atomic E-state index is 13.1. The SMILES string of the molecule is CCn1[nH]cc(C(=O)c2ccc(S(C)(=O)=O)c(N3CCOC(OC(C)(C)C)C3)c2Cl)c1=O. The summed E-state index contributed by atoms with van der Waals surface area (Å²) in [5.41, 5.74) is -0.747. The Labute approximate surface area is 192 Å². The van der Waals surface area contributed by atoms with Gasteiger partial charge in [-0.15, -0.1) is 0 Å². The van der Waals surface area contributed by atoms with E-state index < -0.39 is 33.1 Å². The lowest BCUT2D eigenvalue weighted by molar-refractivity contribution is -0.197. The van der Waals surface area contributed by atoms with E-state index in [-0.39, 0.29) is 39.9 Å². The third kappa shape index (κ3) is 5.09. The summed E-state index contributed by atoms with van der Waals surface area (Å²) in [7, 11) is -3.66. The number of sulfone groups is 1. The van der Waals surface area contributed by atoms with Crippen molar-refractivity contribution in [2.24, 2.45) is 0 Å². The number of aryl methyl sites for hydroxylation is 1. The van der Waals surface area contributed by atoms with Gasteiger partial charge in [0.15, 0.2) is 16.1 Å². The van der Waals surface area contributed by atoms with E-state index >= 15 is 0 Å². The average Bonchev–Trinajstić information content (AvgIpc) is 3.05. The summed E-state index contributed by atoms with van der Waals surface area (Å²) in [6.45, 7) is 8.70. The van der Waals surface area contributed by atoms with Crippen LogP contribution in [0.3, 0.4) is 0 Å². The summed E-state index contributed by atoms with van der Waals surface area (Å²) in [5.74, 6) is -0.583. The van der Waals surface area contributed by atoms with E-state index in [4.69, 9.17) is 21.1 Å². The van der Waals surface area contributed by atoms with E-state index in [0.29, 0.717) is 13.1 Å². The van der Waals surface area contributed by atoms with Gasteiger partial charge in [0.25, 0.3) is 5.56 Å². The van der Waals surface area contributed by atoms with Gasteiger partial charge in [-0.3, -0.25) is 14.3 Å². The summed E-state index contributed by atoms with van der Waals surface area (Å²) in [5, 5.41) is 2.71. The second-order valence-corrected chi connectivity index (χ2v) is 11.0. The van der Waals surface area contributed by atoms with Crippen LogP contribution < -0.4 is 10.5 Å². The number of ether oxygens (including phenoxy) is 2. The maximum Gasteiger partial charge on any atom is 0.277 e. The minimum absolute atomic E-state index is 0.00417. The molecule has 1 unspecified atom stereocenters. The number of nitrogens with zero attached hydrogens (tertiary/aromatic N) is 2. The van der Waals surface area contributed by atoms with Gasteiger partial charge < -0.3 is 19.5 Å². The lowest BCUT2D eigenvalue weighted by atomic mass is 10.0. The average molecular weight is 486 g/mol. The minimum Gasteiger partial charge on any atom is -0.362 e. The van der Waals surface area contributed by atoms with Crippen LogP contribution in [0.25, 0.3) is 0 Å². The van der Waals surface area contributed by atoms with Gasteiger partial charge >= 0.3 is 0 Å². The number of aromatic nitrogens is 2. The van der Waals surface area contributed by atoms with Crippen LogP contribution in [0.4, 0.5) is 5.69 Å². The number of anilines is 1. The fourth-order valence-electron chi connectivity index (χ4n) is 3.55. The Hall–Kier alpha value is -2.14. The lowest BCUT2D eigenvalue weighted by Gasteiger charge is -2.38. The highest BCUT2D eigenvalue weighted by Crippen LogP contribution is 2.38. The molecule has 0 saturated carbocycles. The van der Waals surface area contributed by atoms with Crippen molar-refractivity contribution in [1.82, 2.24) is 9.78 Å². The number of aromatic amines is 1. The number of ketones is 1. The van der Waals surface area contributed by atoms with Gasteiger partial charge in [0, 0.05) is 31.1 Å². The largest absolute Gasteiger partial charge is 0.362 e. The number of benzene rings is 1. The van der Waals surface area contributed by atoms with Gasteiger partial charge in [-0.05, 0) is 39.8 Å². The Morgan fingerprint density at radius 1 is 1.31 bits per heavy atom. The van der Waals surface area contributed by atoms with Crippen LogP contribution in [0.2, 0.25) is 5.02 Å². The van der Waals surface area contributed by atoms with Crippen molar-refractivity contribution >= 4 is 32.9 Å². The molecule has 0 aliphatic carbocycles. The molecule has 2 heterocycles. The highest BCUT2D eigenvalue weighted by molar-refractivity contribution is 7.90. The van der Waals surface area contributed by atoms with E-state index in [1.54, 1.807) is 11.8 Å². The topological polar surface area (TPSA) is 111 Å². The third-order valence-electron chi connectivity index (χ3n) is 4.96. The molecule has 0 amide bonds. The molecule has 3 rings (SSSR count). The minimum atomic E-state index is -3.66. The molecule has 1 aliphatic heterocycles. The van der Waals surface area contributed by atoms with Crippen LogP contribution in [0, 0.1) is 0 Å². The van der Waals surface area contributed by atoms with Crippen LogP contribution in [-0.4, -0.2) is 61.8 Å². The highest BCUT2D eigenvalue weighted by Gasteiger charge is 2.32. The van der Waals surface area contributed by atoms with Crippen molar-refractivity contribution in [2.75, 3.05) is 30.9 Å². The Morgan fingerprint density at radius 2 is 2.00 bits per heavy atom. The second-order valence-electron chi connectivity index (χ2n) is 8.59. The number of halogens is 1. The monoisotopic (exact) mass is 485 g/mol. The predicted molar refractivity (Wildman–Crippen MR) is 122 cm³/mol. The summed E-state index contributed by atoms with van der Waals surface area (Å²) < 4.78 is 37.9. The van der Waals surface area contributed by atoms with Crippen molar-refractivity contribution in [3.63, 3.8) is 0 Å². The van der Waals surface area contributed by atoms with Crippen molar-refractivity contribution in [1.29, 1.82) is 0 Å². The Morgan fingerprint density at radius 3 is 2.56 bits per heavy atom. The predicted octanol–water partition coefficient (Wildman–Crippen LogP) is 2.46. The zero-order valence-electron chi connectivity index (χ0n) is 18.8. The molecular weight excluding hydrogens is 458 g/mol. The number of hydrogen-bond donors (Lipinski definition) is 1. The molecule has 9 nitrogen and oxygen atoms in total. The normalized spacial score (nSPS) is 17.6. The van der Waals surface area contributed by atoms with Gasteiger partial charge in [-0.25, -0.2) is 8.42 Å². The van der Waals surface area contributed by atoms with Crippen molar-refractivity contribution in [3.05, 3.63) is 44.8 Å². The van der Waals surface area contributed by atoms with Crippen LogP contribution in [0.5, 0.6) is 0 Å².